The first kappa shape index (κ1) is 12.9. The van der Waals surface area contributed by atoms with E-state index in [4.69, 9.17) is 11.0 Å². The van der Waals surface area contributed by atoms with Gasteiger partial charge >= 0.3 is 0 Å². The largest absolute Gasteiger partial charge is 0.353 e. The Balaban J connectivity index is 4.05. The van der Waals surface area contributed by atoms with Crippen molar-refractivity contribution in [2.75, 3.05) is 6.54 Å². The summed E-state index contributed by atoms with van der Waals surface area (Å²) in [5.41, 5.74) is 5.48. The van der Waals surface area contributed by atoms with Crippen molar-refractivity contribution in [1.29, 1.82) is 5.26 Å². The molecule has 1 unspecified atom stereocenters. The van der Waals surface area contributed by atoms with Crippen molar-refractivity contribution in [2.24, 2.45) is 17.1 Å². The molecule has 0 aromatic heterocycles. The Morgan fingerprint density at radius 3 is 2.43 bits per heavy atom. The fourth-order valence-electron chi connectivity index (χ4n) is 0.803. The first-order chi connectivity index (χ1) is 6.29. The fourth-order valence-corrected chi connectivity index (χ4v) is 0.803. The molecule has 0 heterocycles. The van der Waals surface area contributed by atoms with Crippen LogP contribution in [-0.4, -0.2) is 18.5 Å². The van der Waals surface area contributed by atoms with Crippen LogP contribution in [0.15, 0.2) is 0 Å². The molecule has 0 aromatic rings. The first-order valence-electron chi connectivity index (χ1n) is 4.72. The quantitative estimate of drug-likeness (QED) is 0.696. The SMILES string of the molecule is CC(C#N)CNC(=O)[C@@H](N)C(C)(C)C. The number of nitrogens with two attached hydrogens (primary N) is 1. The standard InChI is InChI=1S/C10H19N3O/c1-7(5-11)6-13-9(14)8(12)10(2,3)4/h7-8H,6,12H2,1-4H3,(H,13,14)/t7?,8-/m1/s1. The van der Waals surface area contributed by atoms with E-state index in [0.29, 0.717) is 6.54 Å². The van der Waals surface area contributed by atoms with Gasteiger partial charge in [0.1, 0.15) is 0 Å². The van der Waals surface area contributed by atoms with Gasteiger partial charge in [-0.3, -0.25) is 4.79 Å². The summed E-state index contributed by atoms with van der Waals surface area (Å²) in [6.07, 6.45) is 0. The summed E-state index contributed by atoms with van der Waals surface area (Å²) in [6.45, 7) is 7.84. The molecule has 0 saturated heterocycles. The second kappa shape index (κ2) is 4.97. The van der Waals surface area contributed by atoms with E-state index in [-0.39, 0.29) is 17.2 Å². The molecule has 0 aromatic carbocycles. The van der Waals surface area contributed by atoms with Crippen LogP contribution in [0.2, 0.25) is 0 Å². The van der Waals surface area contributed by atoms with Crippen LogP contribution in [0, 0.1) is 22.7 Å². The molecular formula is C10H19N3O. The number of hydrogen-bond acceptors (Lipinski definition) is 3. The lowest BCUT2D eigenvalue weighted by Gasteiger charge is -2.25. The van der Waals surface area contributed by atoms with Gasteiger partial charge in [-0.2, -0.15) is 5.26 Å². The number of hydrogen-bond donors (Lipinski definition) is 2. The highest BCUT2D eigenvalue weighted by Crippen LogP contribution is 2.17. The number of carbonyl (C=O) groups excluding carboxylic acids is 1. The van der Waals surface area contributed by atoms with E-state index >= 15 is 0 Å². The maximum absolute atomic E-state index is 11.5. The van der Waals surface area contributed by atoms with Crippen molar-refractivity contribution in [3.8, 4) is 6.07 Å². The third-order valence-electron chi connectivity index (χ3n) is 2.02. The molecule has 0 radical (unpaired) electrons. The Hall–Kier alpha value is -1.08. The molecule has 0 spiro atoms. The van der Waals surface area contributed by atoms with Crippen LogP contribution in [0.4, 0.5) is 0 Å². The highest BCUT2D eigenvalue weighted by Gasteiger charge is 2.27. The molecule has 1 amide bonds. The highest BCUT2D eigenvalue weighted by atomic mass is 16.2. The van der Waals surface area contributed by atoms with E-state index in [9.17, 15) is 4.79 Å². The Morgan fingerprint density at radius 1 is 1.57 bits per heavy atom. The highest BCUT2D eigenvalue weighted by molar-refractivity contribution is 5.82. The number of nitrogens with zero attached hydrogens (tertiary/aromatic N) is 1. The maximum Gasteiger partial charge on any atom is 0.237 e. The van der Waals surface area contributed by atoms with Gasteiger partial charge in [-0.15, -0.1) is 0 Å². The van der Waals surface area contributed by atoms with E-state index < -0.39 is 6.04 Å². The van der Waals surface area contributed by atoms with E-state index in [0.717, 1.165) is 0 Å². The van der Waals surface area contributed by atoms with Gasteiger partial charge in [-0.25, -0.2) is 0 Å². The van der Waals surface area contributed by atoms with Gasteiger partial charge in [0.25, 0.3) is 0 Å². The minimum Gasteiger partial charge on any atom is -0.353 e. The minimum atomic E-state index is -0.534. The molecule has 14 heavy (non-hydrogen) atoms. The molecule has 2 atom stereocenters. The van der Waals surface area contributed by atoms with E-state index in [1.54, 1.807) is 6.92 Å². The third-order valence-corrected chi connectivity index (χ3v) is 2.02. The molecule has 4 heteroatoms. The van der Waals surface area contributed by atoms with Gasteiger partial charge < -0.3 is 11.1 Å². The molecule has 80 valence electrons. The third kappa shape index (κ3) is 4.24. The zero-order valence-electron chi connectivity index (χ0n) is 9.29. The van der Waals surface area contributed by atoms with Crippen LogP contribution in [0.1, 0.15) is 27.7 Å². The lowest BCUT2D eigenvalue weighted by molar-refractivity contribution is -0.124. The molecule has 0 aliphatic rings. The monoisotopic (exact) mass is 197 g/mol. The summed E-state index contributed by atoms with van der Waals surface area (Å²) in [6, 6.07) is 1.51. The van der Waals surface area contributed by atoms with Crippen molar-refractivity contribution >= 4 is 5.91 Å². The molecule has 0 fully saturated rings. The smallest absolute Gasteiger partial charge is 0.237 e. The van der Waals surface area contributed by atoms with Crippen molar-refractivity contribution in [2.45, 2.75) is 33.7 Å². The van der Waals surface area contributed by atoms with Gasteiger partial charge in [0.2, 0.25) is 5.91 Å². The maximum atomic E-state index is 11.5. The molecular weight excluding hydrogens is 178 g/mol. The number of carbonyl (C=O) groups is 1. The van der Waals surface area contributed by atoms with Crippen LogP contribution >= 0.6 is 0 Å². The second-order valence-corrected chi connectivity index (χ2v) is 4.62. The number of rotatable bonds is 3. The molecule has 0 aliphatic heterocycles. The summed E-state index contributed by atoms with van der Waals surface area (Å²) < 4.78 is 0. The fraction of sp³-hybridized carbons (Fsp3) is 0.800. The van der Waals surface area contributed by atoms with Gasteiger partial charge in [0, 0.05) is 6.54 Å². The molecule has 3 N–H and O–H groups in total. The molecule has 0 rings (SSSR count). The predicted molar refractivity (Wildman–Crippen MR) is 55.2 cm³/mol. The van der Waals surface area contributed by atoms with Gasteiger partial charge in [0.05, 0.1) is 18.0 Å². The summed E-state index contributed by atoms with van der Waals surface area (Å²) in [7, 11) is 0. The van der Waals surface area contributed by atoms with Crippen molar-refractivity contribution in [3.63, 3.8) is 0 Å². The Labute approximate surface area is 85.5 Å². The predicted octanol–water partition coefficient (Wildman–Crippen LogP) is 0.636. The van der Waals surface area contributed by atoms with Crippen LogP contribution < -0.4 is 11.1 Å². The minimum absolute atomic E-state index is 0.175. The van der Waals surface area contributed by atoms with E-state index in [1.807, 2.05) is 26.8 Å². The Bertz CT molecular complexity index is 237. The summed E-state index contributed by atoms with van der Waals surface area (Å²) in [5.74, 6) is -0.370. The van der Waals surface area contributed by atoms with E-state index in [2.05, 4.69) is 5.32 Å². The number of nitrogens with one attached hydrogen (secondary N) is 1. The van der Waals surface area contributed by atoms with Crippen molar-refractivity contribution in [3.05, 3.63) is 0 Å². The average molecular weight is 197 g/mol. The van der Waals surface area contributed by atoms with Gasteiger partial charge in [-0.05, 0) is 12.3 Å². The summed E-state index contributed by atoms with van der Waals surface area (Å²) in [5, 5.41) is 11.2. The molecule has 0 aliphatic carbocycles. The summed E-state index contributed by atoms with van der Waals surface area (Å²) in [4.78, 5) is 11.5. The first-order valence-corrected chi connectivity index (χ1v) is 4.72. The number of amides is 1. The number of nitriles is 1. The molecule has 0 saturated carbocycles. The van der Waals surface area contributed by atoms with Crippen LogP contribution in [0.3, 0.4) is 0 Å². The lowest BCUT2D eigenvalue weighted by atomic mass is 9.87. The van der Waals surface area contributed by atoms with Crippen molar-refractivity contribution in [1.82, 2.24) is 5.32 Å². The zero-order chi connectivity index (χ0) is 11.4. The zero-order valence-corrected chi connectivity index (χ0v) is 9.29. The van der Waals surface area contributed by atoms with Crippen LogP contribution in [0.25, 0.3) is 0 Å². The van der Waals surface area contributed by atoms with Crippen LogP contribution in [-0.2, 0) is 4.79 Å². The second-order valence-electron chi connectivity index (χ2n) is 4.62. The summed E-state index contributed by atoms with van der Waals surface area (Å²) >= 11 is 0. The Morgan fingerprint density at radius 2 is 2.07 bits per heavy atom. The molecule has 4 nitrogen and oxygen atoms in total. The van der Waals surface area contributed by atoms with Gasteiger partial charge in [-0.1, -0.05) is 20.8 Å². The van der Waals surface area contributed by atoms with Crippen LogP contribution in [0.5, 0.6) is 0 Å². The Kier molecular flexibility index (Phi) is 4.58. The van der Waals surface area contributed by atoms with E-state index in [1.165, 1.54) is 0 Å². The average Bonchev–Trinajstić information content (AvgIpc) is 2.10. The van der Waals surface area contributed by atoms with Gasteiger partial charge in [0.15, 0.2) is 0 Å². The lowest BCUT2D eigenvalue weighted by Crippen LogP contribution is -2.49. The topological polar surface area (TPSA) is 78.9 Å². The molecule has 0 bridgehead atoms. The van der Waals surface area contributed by atoms with Crippen molar-refractivity contribution < 1.29 is 4.79 Å². The normalized spacial score (nSPS) is 15.4.